The van der Waals surface area contributed by atoms with Crippen LogP contribution in [0.2, 0.25) is 0 Å². The van der Waals surface area contributed by atoms with Crippen LogP contribution in [-0.4, -0.2) is 5.54 Å². The maximum atomic E-state index is 6.31. The second kappa shape index (κ2) is 5.64. The van der Waals surface area contributed by atoms with E-state index in [-0.39, 0.29) is 17.0 Å². The molecule has 0 saturated heterocycles. The first-order valence-electron chi connectivity index (χ1n) is 7.16. The van der Waals surface area contributed by atoms with Crippen LogP contribution in [-0.2, 0) is 5.41 Å². The van der Waals surface area contributed by atoms with Crippen molar-refractivity contribution in [2.24, 2.45) is 11.5 Å². The molecule has 0 aromatic heterocycles. The van der Waals surface area contributed by atoms with E-state index in [0.717, 1.165) is 12.8 Å². The molecule has 0 saturated carbocycles. The van der Waals surface area contributed by atoms with Crippen LogP contribution >= 0.6 is 0 Å². The molecule has 0 bridgehead atoms. The number of hydrogen-bond donors (Lipinski definition) is 2. The highest BCUT2D eigenvalue weighted by molar-refractivity contribution is 5.36. The van der Waals surface area contributed by atoms with Crippen molar-refractivity contribution in [1.29, 1.82) is 0 Å². The Kier molecular flexibility index (Phi) is 4.81. The SMILES string of the molecule is Cc1cc(C(C)(C)C)ccc1C(N)CCC(C)(C)N. The molecule has 108 valence electrons. The minimum Gasteiger partial charge on any atom is -0.326 e. The fourth-order valence-corrected chi connectivity index (χ4v) is 2.24. The van der Waals surface area contributed by atoms with Gasteiger partial charge in [-0.1, -0.05) is 39.0 Å². The average molecular weight is 262 g/mol. The van der Waals surface area contributed by atoms with E-state index in [1.807, 2.05) is 0 Å². The second-order valence-corrected chi connectivity index (χ2v) is 7.46. The smallest absolute Gasteiger partial charge is 0.0298 e. The van der Waals surface area contributed by atoms with E-state index in [9.17, 15) is 0 Å². The van der Waals surface area contributed by atoms with Crippen molar-refractivity contribution in [1.82, 2.24) is 0 Å². The maximum absolute atomic E-state index is 6.31. The molecule has 0 aliphatic heterocycles. The van der Waals surface area contributed by atoms with Gasteiger partial charge in [0.2, 0.25) is 0 Å². The van der Waals surface area contributed by atoms with Crippen LogP contribution in [0.15, 0.2) is 18.2 Å². The summed E-state index contributed by atoms with van der Waals surface area (Å²) in [6.07, 6.45) is 1.87. The van der Waals surface area contributed by atoms with Crippen LogP contribution in [0.5, 0.6) is 0 Å². The summed E-state index contributed by atoms with van der Waals surface area (Å²) in [5.74, 6) is 0. The quantitative estimate of drug-likeness (QED) is 0.867. The van der Waals surface area contributed by atoms with Gasteiger partial charge in [-0.05, 0) is 55.7 Å². The van der Waals surface area contributed by atoms with Crippen molar-refractivity contribution in [2.45, 2.75) is 71.4 Å². The summed E-state index contributed by atoms with van der Waals surface area (Å²) in [6, 6.07) is 6.74. The van der Waals surface area contributed by atoms with E-state index in [1.165, 1.54) is 16.7 Å². The molecule has 0 spiro atoms. The summed E-state index contributed by atoms with van der Waals surface area (Å²) in [7, 11) is 0. The summed E-state index contributed by atoms with van der Waals surface area (Å²) < 4.78 is 0. The molecule has 1 aromatic carbocycles. The molecule has 0 amide bonds. The van der Waals surface area contributed by atoms with Crippen molar-refractivity contribution >= 4 is 0 Å². The lowest BCUT2D eigenvalue weighted by atomic mass is 9.84. The molecule has 1 unspecified atom stereocenters. The van der Waals surface area contributed by atoms with Crippen molar-refractivity contribution in [3.63, 3.8) is 0 Å². The summed E-state index contributed by atoms with van der Waals surface area (Å²) in [4.78, 5) is 0. The zero-order chi connectivity index (χ0) is 14.8. The third-order valence-corrected chi connectivity index (χ3v) is 3.63. The molecule has 2 heteroatoms. The Hall–Kier alpha value is -0.860. The number of nitrogens with two attached hydrogens (primary N) is 2. The predicted octanol–water partition coefficient (Wildman–Crippen LogP) is 3.81. The van der Waals surface area contributed by atoms with Crippen LogP contribution in [0.4, 0.5) is 0 Å². The van der Waals surface area contributed by atoms with Crippen molar-refractivity contribution < 1.29 is 0 Å². The van der Waals surface area contributed by atoms with E-state index in [2.05, 4.69) is 59.7 Å². The summed E-state index contributed by atoms with van der Waals surface area (Å²) in [5.41, 5.74) is 16.3. The van der Waals surface area contributed by atoms with E-state index < -0.39 is 0 Å². The Morgan fingerprint density at radius 1 is 1.11 bits per heavy atom. The van der Waals surface area contributed by atoms with E-state index in [0.29, 0.717) is 0 Å². The first-order valence-corrected chi connectivity index (χ1v) is 7.16. The number of aryl methyl sites for hydroxylation is 1. The first kappa shape index (κ1) is 16.2. The monoisotopic (exact) mass is 262 g/mol. The summed E-state index contributed by atoms with van der Waals surface area (Å²) >= 11 is 0. The van der Waals surface area contributed by atoms with Crippen molar-refractivity contribution in [3.05, 3.63) is 34.9 Å². The Labute approximate surface area is 118 Å². The number of rotatable bonds is 4. The van der Waals surface area contributed by atoms with Gasteiger partial charge in [0.15, 0.2) is 0 Å². The average Bonchev–Trinajstić information content (AvgIpc) is 2.23. The fraction of sp³-hybridized carbons (Fsp3) is 0.647. The lowest BCUT2D eigenvalue weighted by molar-refractivity contribution is 0.432. The molecule has 1 atom stereocenters. The molecule has 19 heavy (non-hydrogen) atoms. The third-order valence-electron chi connectivity index (χ3n) is 3.63. The van der Waals surface area contributed by atoms with Gasteiger partial charge in [0.1, 0.15) is 0 Å². The summed E-state index contributed by atoms with van der Waals surface area (Å²) in [6.45, 7) is 13.0. The molecule has 1 aromatic rings. The number of hydrogen-bond acceptors (Lipinski definition) is 2. The molecule has 0 heterocycles. The van der Waals surface area contributed by atoms with Crippen LogP contribution in [0.1, 0.15) is 70.2 Å². The topological polar surface area (TPSA) is 52.0 Å². The van der Waals surface area contributed by atoms with Gasteiger partial charge in [-0.3, -0.25) is 0 Å². The Morgan fingerprint density at radius 2 is 1.68 bits per heavy atom. The molecule has 0 fully saturated rings. The van der Waals surface area contributed by atoms with Crippen LogP contribution in [0.3, 0.4) is 0 Å². The largest absolute Gasteiger partial charge is 0.326 e. The van der Waals surface area contributed by atoms with Crippen LogP contribution in [0, 0.1) is 6.92 Å². The Bertz CT molecular complexity index is 422. The minimum absolute atomic E-state index is 0.0804. The van der Waals surface area contributed by atoms with Crippen molar-refractivity contribution in [3.8, 4) is 0 Å². The molecule has 0 aliphatic rings. The normalized spacial score (nSPS) is 14.5. The highest BCUT2D eigenvalue weighted by atomic mass is 14.7. The standard InChI is InChI=1S/C17H30N2/c1-12-11-13(16(2,3)4)7-8-14(12)15(18)9-10-17(5,6)19/h7-8,11,15H,9-10,18-19H2,1-6H3. The first-order chi connectivity index (χ1) is 8.50. The van der Waals surface area contributed by atoms with Gasteiger partial charge in [-0.2, -0.15) is 0 Å². The molecule has 0 aliphatic carbocycles. The maximum Gasteiger partial charge on any atom is 0.0298 e. The second-order valence-electron chi connectivity index (χ2n) is 7.46. The fourth-order valence-electron chi connectivity index (χ4n) is 2.24. The van der Waals surface area contributed by atoms with E-state index >= 15 is 0 Å². The third kappa shape index (κ3) is 4.96. The van der Waals surface area contributed by atoms with Gasteiger partial charge in [-0.15, -0.1) is 0 Å². The van der Waals surface area contributed by atoms with Crippen LogP contribution in [0.25, 0.3) is 0 Å². The van der Waals surface area contributed by atoms with E-state index in [4.69, 9.17) is 11.5 Å². The molecule has 0 radical (unpaired) electrons. The lowest BCUT2D eigenvalue weighted by Gasteiger charge is -2.24. The zero-order valence-corrected chi connectivity index (χ0v) is 13.4. The summed E-state index contributed by atoms with van der Waals surface area (Å²) in [5, 5.41) is 0. The highest BCUT2D eigenvalue weighted by Crippen LogP contribution is 2.28. The number of benzene rings is 1. The van der Waals surface area contributed by atoms with Crippen molar-refractivity contribution in [2.75, 3.05) is 0 Å². The Balaban J connectivity index is 2.85. The van der Waals surface area contributed by atoms with Gasteiger partial charge in [0.25, 0.3) is 0 Å². The Morgan fingerprint density at radius 3 is 2.11 bits per heavy atom. The molecular formula is C17H30N2. The predicted molar refractivity (Wildman–Crippen MR) is 84.3 cm³/mol. The lowest BCUT2D eigenvalue weighted by Crippen LogP contribution is -2.32. The van der Waals surface area contributed by atoms with Gasteiger partial charge in [0.05, 0.1) is 0 Å². The van der Waals surface area contributed by atoms with Gasteiger partial charge in [0, 0.05) is 11.6 Å². The van der Waals surface area contributed by atoms with Gasteiger partial charge in [-0.25, -0.2) is 0 Å². The minimum atomic E-state index is -0.142. The molecular weight excluding hydrogens is 232 g/mol. The highest BCUT2D eigenvalue weighted by Gasteiger charge is 2.18. The molecule has 2 nitrogen and oxygen atoms in total. The van der Waals surface area contributed by atoms with Gasteiger partial charge >= 0.3 is 0 Å². The van der Waals surface area contributed by atoms with Crippen LogP contribution < -0.4 is 11.5 Å². The van der Waals surface area contributed by atoms with E-state index in [1.54, 1.807) is 0 Å². The molecule has 4 N–H and O–H groups in total. The van der Waals surface area contributed by atoms with Gasteiger partial charge < -0.3 is 11.5 Å². The molecule has 1 rings (SSSR count). The zero-order valence-electron chi connectivity index (χ0n) is 13.4.